The van der Waals surface area contributed by atoms with E-state index in [-0.39, 0.29) is 25.5 Å². The molecule has 0 aliphatic carbocycles. The molecule has 14 heteroatoms. The minimum Gasteiger partial charge on any atom is -0.491 e. The van der Waals surface area contributed by atoms with Gasteiger partial charge in [0.1, 0.15) is 29.8 Å². The molecule has 0 saturated carbocycles. The number of benzene rings is 1. The molecule has 0 spiro atoms. The molecule has 2 aromatic heterocycles. The van der Waals surface area contributed by atoms with Crippen LogP contribution in [-0.2, 0) is 6.18 Å². The Bertz CT molecular complexity index is 1590. The van der Waals surface area contributed by atoms with E-state index in [1.54, 1.807) is 41.3 Å². The van der Waals surface area contributed by atoms with Crippen LogP contribution in [0, 0.1) is 28.6 Å². The molecule has 2 saturated heterocycles. The van der Waals surface area contributed by atoms with Crippen molar-refractivity contribution >= 4 is 17.4 Å². The van der Waals surface area contributed by atoms with E-state index in [2.05, 4.69) is 16.2 Å². The van der Waals surface area contributed by atoms with Gasteiger partial charge in [0.15, 0.2) is 0 Å². The van der Waals surface area contributed by atoms with Crippen molar-refractivity contribution in [2.24, 2.45) is 5.92 Å². The number of aromatic amines is 1. The van der Waals surface area contributed by atoms with E-state index in [0.29, 0.717) is 43.1 Å². The second-order valence-electron chi connectivity index (χ2n) is 9.96. The zero-order valence-electron chi connectivity index (χ0n) is 22.2. The van der Waals surface area contributed by atoms with Crippen molar-refractivity contribution in [3.63, 3.8) is 0 Å². The first-order chi connectivity index (χ1) is 20.2. The van der Waals surface area contributed by atoms with Gasteiger partial charge in [-0.05, 0) is 36.8 Å². The van der Waals surface area contributed by atoms with E-state index in [1.807, 2.05) is 16.1 Å². The number of alkyl halides is 3. The number of H-pyrrole nitrogens is 1. The van der Waals surface area contributed by atoms with E-state index in [9.17, 15) is 28.0 Å². The van der Waals surface area contributed by atoms with Gasteiger partial charge < -0.3 is 19.4 Å². The van der Waals surface area contributed by atoms with Gasteiger partial charge >= 0.3 is 6.18 Å². The lowest BCUT2D eigenvalue weighted by molar-refractivity contribution is -0.138. The van der Waals surface area contributed by atoms with E-state index in [4.69, 9.17) is 10.00 Å². The van der Waals surface area contributed by atoms with Crippen LogP contribution in [0.5, 0.6) is 5.75 Å². The van der Waals surface area contributed by atoms with Crippen LogP contribution in [0.2, 0.25) is 0 Å². The van der Waals surface area contributed by atoms with E-state index in [0.717, 1.165) is 12.0 Å². The predicted octanol–water partition coefficient (Wildman–Crippen LogP) is 2.82. The van der Waals surface area contributed by atoms with Gasteiger partial charge in [-0.15, -0.1) is 0 Å². The van der Waals surface area contributed by atoms with Crippen molar-refractivity contribution in [2.75, 3.05) is 49.1 Å². The minimum absolute atomic E-state index is 0.0127. The molecule has 0 unspecified atom stereocenters. The van der Waals surface area contributed by atoms with Crippen molar-refractivity contribution in [1.82, 2.24) is 20.1 Å². The first kappa shape index (κ1) is 28.4. The number of ether oxygens (including phenoxy) is 1. The molecule has 5 rings (SSSR count). The molecule has 1 aromatic carbocycles. The zero-order valence-corrected chi connectivity index (χ0v) is 22.2. The van der Waals surface area contributed by atoms with Crippen LogP contribution >= 0.6 is 0 Å². The Morgan fingerprint density at radius 2 is 1.90 bits per heavy atom. The van der Waals surface area contributed by atoms with Crippen LogP contribution in [0.15, 0.2) is 53.6 Å². The Balaban J connectivity index is 1.25. The third-order valence-electron chi connectivity index (χ3n) is 7.32. The van der Waals surface area contributed by atoms with Crippen LogP contribution < -0.4 is 20.1 Å². The van der Waals surface area contributed by atoms with Gasteiger partial charge in [-0.3, -0.25) is 9.59 Å². The molecular weight excluding hydrogens is 553 g/mol. The number of anilines is 2. The number of aromatic nitrogens is 3. The number of pyridine rings is 1. The number of rotatable bonds is 6. The Morgan fingerprint density at radius 1 is 1.12 bits per heavy atom. The Morgan fingerprint density at radius 3 is 2.57 bits per heavy atom. The highest BCUT2D eigenvalue weighted by atomic mass is 19.4. The quantitative estimate of drug-likeness (QED) is 0.467. The molecule has 4 heterocycles. The molecule has 11 nitrogen and oxygen atoms in total. The maximum absolute atomic E-state index is 13.7. The van der Waals surface area contributed by atoms with Crippen LogP contribution in [0.1, 0.15) is 27.9 Å². The molecule has 3 aromatic rings. The summed E-state index contributed by atoms with van der Waals surface area (Å²) >= 11 is 0. The fourth-order valence-electron chi connectivity index (χ4n) is 5.22. The first-order valence-electron chi connectivity index (χ1n) is 13.1. The largest absolute Gasteiger partial charge is 0.491 e. The van der Waals surface area contributed by atoms with Gasteiger partial charge in [0.25, 0.3) is 11.5 Å². The van der Waals surface area contributed by atoms with E-state index >= 15 is 0 Å². The van der Waals surface area contributed by atoms with Crippen molar-refractivity contribution in [1.29, 1.82) is 10.5 Å². The molecule has 1 N–H and O–H groups in total. The number of nitrogens with zero attached hydrogens (tertiary/aromatic N) is 7. The van der Waals surface area contributed by atoms with Crippen molar-refractivity contribution in [3.8, 4) is 17.9 Å². The normalized spacial score (nSPS) is 18.8. The molecule has 1 amide bonds. The Kier molecular flexibility index (Phi) is 7.97. The zero-order chi connectivity index (χ0) is 29.9. The number of nitriles is 2. The van der Waals surface area contributed by atoms with E-state index in [1.165, 1.54) is 11.1 Å². The summed E-state index contributed by atoms with van der Waals surface area (Å²) in [6.45, 7) is 1.97. The molecule has 42 heavy (non-hydrogen) atoms. The van der Waals surface area contributed by atoms with Crippen LogP contribution in [0.25, 0.3) is 0 Å². The van der Waals surface area contributed by atoms with Gasteiger partial charge in [-0.2, -0.15) is 28.8 Å². The number of amides is 1. The monoisotopic (exact) mass is 578 g/mol. The topological polar surface area (TPSA) is 142 Å². The lowest BCUT2D eigenvalue weighted by Gasteiger charge is -2.35. The highest BCUT2D eigenvalue weighted by Crippen LogP contribution is 2.37. The third-order valence-corrected chi connectivity index (χ3v) is 7.32. The number of carbonyl (C=O) groups is 1. The summed E-state index contributed by atoms with van der Waals surface area (Å²) in [6.07, 6.45) is -2.24. The summed E-state index contributed by atoms with van der Waals surface area (Å²) in [6, 6.07) is 13.5. The molecular formula is C28H25F3N8O3. The lowest BCUT2D eigenvalue weighted by atomic mass is 10.1. The number of piperazine rings is 1. The predicted molar refractivity (Wildman–Crippen MR) is 144 cm³/mol. The van der Waals surface area contributed by atoms with Crippen molar-refractivity contribution in [3.05, 3.63) is 75.8 Å². The van der Waals surface area contributed by atoms with Gasteiger partial charge in [-0.25, -0.2) is 10.1 Å². The van der Waals surface area contributed by atoms with Gasteiger partial charge in [0.05, 0.1) is 35.5 Å². The summed E-state index contributed by atoms with van der Waals surface area (Å²) in [7, 11) is 0. The van der Waals surface area contributed by atoms with Crippen molar-refractivity contribution in [2.45, 2.75) is 18.6 Å². The highest BCUT2D eigenvalue weighted by Gasteiger charge is 2.42. The SMILES string of the molecule is N#Cc1ccc(N2CCN(C(=O)c3cccc(OC[C@@H]4C[C@@H](C#N)CN4c4cn[nH]c(=O)c4C(F)(F)F)c3)CC2)nc1. The van der Waals surface area contributed by atoms with Gasteiger partial charge in [-0.1, -0.05) is 6.07 Å². The lowest BCUT2D eigenvalue weighted by Crippen LogP contribution is -2.49. The number of nitrogens with one attached hydrogen (secondary N) is 1. The summed E-state index contributed by atoms with van der Waals surface area (Å²) < 4.78 is 47.0. The van der Waals surface area contributed by atoms with Gasteiger partial charge in [0.2, 0.25) is 0 Å². The molecule has 2 aliphatic rings. The maximum Gasteiger partial charge on any atom is 0.423 e. The van der Waals surface area contributed by atoms with Crippen molar-refractivity contribution < 1.29 is 22.7 Å². The smallest absolute Gasteiger partial charge is 0.423 e. The fourth-order valence-corrected chi connectivity index (χ4v) is 5.22. The average Bonchev–Trinajstić information content (AvgIpc) is 3.42. The molecule has 2 aliphatic heterocycles. The van der Waals surface area contributed by atoms with Crippen LogP contribution in [-0.4, -0.2) is 71.4 Å². The highest BCUT2D eigenvalue weighted by molar-refractivity contribution is 5.94. The molecule has 0 bridgehead atoms. The molecule has 0 radical (unpaired) electrons. The fraction of sp³-hybridized carbons (Fsp3) is 0.357. The summed E-state index contributed by atoms with van der Waals surface area (Å²) in [5.74, 6) is 0.324. The number of carbonyl (C=O) groups excluding carboxylic acids is 1. The third kappa shape index (κ3) is 5.98. The number of halogens is 3. The first-order valence-corrected chi connectivity index (χ1v) is 13.1. The Hall–Kier alpha value is -5.11. The van der Waals surface area contributed by atoms with Crippen LogP contribution in [0.4, 0.5) is 24.7 Å². The van der Waals surface area contributed by atoms with Crippen LogP contribution in [0.3, 0.4) is 0 Å². The maximum atomic E-state index is 13.7. The standard InChI is InChI=1S/C28H25F3N8O3/c29-28(30,31)25-23(15-35-36-26(25)40)39-16-19(13-33)10-21(39)17-42-22-3-1-2-20(11-22)27(41)38-8-6-37(7-9-38)24-5-4-18(12-32)14-34-24/h1-5,11,14-15,19,21H,6-10,16-17H2,(H,36,40)/t19-,21-/m0/s1. The average molecular weight is 579 g/mol. The number of hydrogen-bond acceptors (Lipinski definition) is 9. The number of hydrogen-bond donors (Lipinski definition) is 1. The summed E-state index contributed by atoms with van der Waals surface area (Å²) in [5, 5.41) is 23.8. The summed E-state index contributed by atoms with van der Waals surface area (Å²) in [4.78, 5) is 34.6. The molecule has 2 atom stereocenters. The Labute approximate surface area is 238 Å². The second kappa shape index (κ2) is 11.8. The second-order valence-corrected chi connectivity index (χ2v) is 9.96. The minimum atomic E-state index is -4.92. The van der Waals surface area contributed by atoms with Gasteiger partial charge in [0, 0.05) is 44.5 Å². The van der Waals surface area contributed by atoms with E-state index < -0.39 is 34.9 Å². The summed E-state index contributed by atoms with van der Waals surface area (Å²) in [5.41, 5.74) is -2.27. The molecule has 2 fully saturated rings. The molecule has 216 valence electrons.